The molecule has 0 spiro atoms. The third-order valence-corrected chi connectivity index (χ3v) is 6.19. The summed E-state index contributed by atoms with van der Waals surface area (Å²) in [6.07, 6.45) is 3.53. The Bertz CT molecular complexity index is 1120. The van der Waals surface area contributed by atoms with E-state index in [9.17, 15) is 9.59 Å². The molecule has 4 rings (SSSR count). The van der Waals surface area contributed by atoms with Gasteiger partial charge in [0.2, 0.25) is 0 Å². The first-order valence-electron chi connectivity index (χ1n) is 10.4. The highest BCUT2D eigenvalue weighted by Crippen LogP contribution is 2.26. The van der Waals surface area contributed by atoms with Crippen molar-refractivity contribution in [2.24, 2.45) is 0 Å². The van der Waals surface area contributed by atoms with Gasteiger partial charge in [0, 0.05) is 17.1 Å². The number of hydrogen-bond acceptors (Lipinski definition) is 5. The SMILES string of the molecule is COc1ccc([C@@H](CNC(=O)c2cc(=O)c3cc(Br)ccc3o2)N2CCCCC2)cc1. The lowest BCUT2D eigenvalue weighted by molar-refractivity contribution is 0.0897. The van der Waals surface area contributed by atoms with Crippen molar-refractivity contribution < 1.29 is 13.9 Å². The zero-order valence-corrected chi connectivity index (χ0v) is 19.0. The van der Waals surface area contributed by atoms with E-state index in [1.54, 1.807) is 25.3 Å². The van der Waals surface area contributed by atoms with Crippen LogP contribution in [0.3, 0.4) is 0 Å². The van der Waals surface area contributed by atoms with Crippen LogP contribution in [0.25, 0.3) is 11.0 Å². The minimum Gasteiger partial charge on any atom is -0.497 e. The molecule has 3 aromatic rings. The molecular weight excluding hydrogens is 460 g/mol. The molecule has 0 bridgehead atoms. The first-order chi connectivity index (χ1) is 15.0. The van der Waals surface area contributed by atoms with Gasteiger partial charge in [-0.2, -0.15) is 0 Å². The summed E-state index contributed by atoms with van der Waals surface area (Å²) in [7, 11) is 1.65. The molecule has 1 atom stereocenters. The lowest BCUT2D eigenvalue weighted by atomic mass is 10.0. The minimum atomic E-state index is -0.391. The predicted molar refractivity (Wildman–Crippen MR) is 124 cm³/mol. The molecule has 0 saturated carbocycles. The van der Waals surface area contributed by atoms with Crippen LogP contribution >= 0.6 is 15.9 Å². The smallest absolute Gasteiger partial charge is 0.287 e. The normalized spacial score (nSPS) is 15.5. The van der Waals surface area contributed by atoms with Gasteiger partial charge in [-0.3, -0.25) is 14.5 Å². The number of hydrogen-bond donors (Lipinski definition) is 1. The second-order valence-corrected chi connectivity index (χ2v) is 8.63. The van der Waals surface area contributed by atoms with Gasteiger partial charge in [0.05, 0.1) is 18.5 Å². The van der Waals surface area contributed by atoms with Crippen LogP contribution in [0, 0.1) is 0 Å². The monoisotopic (exact) mass is 484 g/mol. The molecule has 0 aliphatic carbocycles. The van der Waals surface area contributed by atoms with E-state index in [-0.39, 0.29) is 17.2 Å². The molecule has 0 unspecified atom stereocenters. The summed E-state index contributed by atoms with van der Waals surface area (Å²) in [5.74, 6) is 0.430. The number of carbonyl (C=O) groups excluding carboxylic acids is 1. The van der Waals surface area contributed by atoms with Crippen LogP contribution in [0.15, 0.2) is 62.2 Å². The molecule has 162 valence electrons. The molecular formula is C24H25BrN2O4. The molecule has 0 radical (unpaired) electrons. The zero-order chi connectivity index (χ0) is 21.8. The minimum absolute atomic E-state index is 0.0203. The number of carbonyl (C=O) groups is 1. The summed E-state index contributed by atoms with van der Waals surface area (Å²) in [5, 5.41) is 3.41. The number of halogens is 1. The average molecular weight is 485 g/mol. The van der Waals surface area contributed by atoms with Gasteiger partial charge in [0.25, 0.3) is 5.91 Å². The number of likely N-dealkylation sites (tertiary alicyclic amines) is 1. The Kier molecular flexibility index (Phi) is 6.73. The van der Waals surface area contributed by atoms with E-state index in [0.29, 0.717) is 17.5 Å². The van der Waals surface area contributed by atoms with Gasteiger partial charge in [0.15, 0.2) is 11.2 Å². The molecule has 7 heteroatoms. The Morgan fingerprint density at radius 3 is 2.58 bits per heavy atom. The van der Waals surface area contributed by atoms with Gasteiger partial charge in [-0.25, -0.2) is 0 Å². The molecule has 1 amide bonds. The molecule has 1 fully saturated rings. The second kappa shape index (κ2) is 9.66. The predicted octanol–water partition coefficient (Wildman–Crippen LogP) is 4.52. The molecule has 1 aromatic heterocycles. The fourth-order valence-corrected chi connectivity index (χ4v) is 4.39. The fraction of sp³-hybridized carbons (Fsp3) is 0.333. The summed E-state index contributed by atoms with van der Waals surface area (Å²) in [6, 6.07) is 14.4. The van der Waals surface area contributed by atoms with Crippen LogP contribution in [0.1, 0.15) is 41.4 Å². The topological polar surface area (TPSA) is 71.8 Å². The summed E-state index contributed by atoms with van der Waals surface area (Å²) in [4.78, 5) is 27.7. The van der Waals surface area contributed by atoms with Gasteiger partial charge < -0.3 is 14.5 Å². The van der Waals surface area contributed by atoms with Crippen molar-refractivity contribution >= 4 is 32.8 Å². The number of nitrogens with one attached hydrogen (secondary N) is 1. The van der Waals surface area contributed by atoms with Gasteiger partial charge in [-0.05, 0) is 61.8 Å². The highest BCUT2D eigenvalue weighted by Gasteiger charge is 2.24. The largest absolute Gasteiger partial charge is 0.497 e. The summed E-state index contributed by atoms with van der Waals surface area (Å²) >= 11 is 3.35. The van der Waals surface area contributed by atoms with E-state index < -0.39 is 5.91 Å². The Balaban J connectivity index is 1.54. The molecule has 1 saturated heterocycles. The number of methoxy groups -OCH3 is 1. The van der Waals surface area contributed by atoms with Crippen molar-refractivity contribution in [1.29, 1.82) is 0 Å². The number of rotatable bonds is 6. The van der Waals surface area contributed by atoms with Gasteiger partial charge in [0.1, 0.15) is 11.3 Å². The Morgan fingerprint density at radius 1 is 1.13 bits per heavy atom. The van der Waals surface area contributed by atoms with Gasteiger partial charge in [-0.15, -0.1) is 0 Å². The van der Waals surface area contributed by atoms with Crippen LogP contribution < -0.4 is 15.5 Å². The van der Waals surface area contributed by atoms with Crippen LogP contribution in [-0.2, 0) is 0 Å². The quantitative estimate of drug-likeness (QED) is 0.556. The third-order valence-electron chi connectivity index (χ3n) is 5.70. The average Bonchev–Trinajstić information content (AvgIpc) is 2.80. The Hall–Kier alpha value is -2.64. The standard InChI is InChI=1S/C24H25BrN2O4/c1-30-18-8-5-16(6-9-18)20(27-11-3-2-4-12-27)15-26-24(29)23-14-21(28)19-13-17(25)7-10-22(19)31-23/h5-10,13-14,20H,2-4,11-12,15H2,1H3,(H,26,29)/t20-/m1/s1. The third kappa shape index (κ3) is 4.99. The zero-order valence-electron chi connectivity index (χ0n) is 17.4. The Labute approximate surface area is 189 Å². The first-order valence-corrected chi connectivity index (χ1v) is 11.2. The van der Waals surface area contributed by atoms with Crippen molar-refractivity contribution in [1.82, 2.24) is 10.2 Å². The number of nitrogens with zero attached hydrogens (tertiary/aromatic N) is 1. The van der Waals surface area contributed by atoms with E-state index in [1.807, 2.05) is 24.3 Å². The van der Waals surface area contributed by atoms with E-state index in [0.717, 1.165) is 41.7 Å². The van der Waals surface area contributed by atoms with Crippen molar-refractivity contribution in [3.8, 4) is 5.75 Å². The van der Waals surface area contributed by atoms with Crippen molar-refractivity contribution in [3.63, 3.8) is 0 Å². The maximum Gasteiger partial charge on any atom is 0.287 e. The number of benzene rings is 2. The number of amides is 1. The molecule has 6 nitrogen and oxygen atoms in total. The second-order valence-electron chi connectivity index (χ2n) is 7.71. The van der Waals surface area contributed by atoms with Gasteiger partial charge >= 0.3 is 0 Å². The Morgan fingerprint density at radius 2 is 1.87 bits per heavy atom. The summed E-state index contributed by atoms with van der Waals surface area (Å²) in [6.45, 7) is 2.41. The molecule has 1 aliphatic heterocycles. The number of piperidine rings is 1. The lowest BCUT2D eigenvalue weighted by Gasteiger charge is -2.35. The number of ether oxygens (including phenoxy) is 1. The fourth-order valence-electron chi connectivity index (χ4n) is 4.03. The van der Waals surface area contributed by atoms with Crippen LogP contribution in [0.5, 0.6) is 5.75 Å². The van der Waals surface area contributed by atoms with Crippen LogP contribution in [-0.4, -0.2) is 37.6 Å². The van der Waals surface area contributed by atoms with Crippen molar-refractivity contribution in [2.75, 3.05) is 26.7 Å². The molecule has 2 heterocycles. The molecule has 1 aliphatic rings. The maximum atomic E-state index is 12.8. The van der Waals surface area contributed by atoms with Crippen molar-refractivity contribution in [2.45, 2.75) is 25.3 Å². The van der Waals surface area contributed by atoms with E-state index in [2.05, 4.69) is 26.1 Å². The van der Waals surface area contributed by atoms with Crippen LogP contribution in [0.2, 0.25) is 0 Å². The molecule has 1 N–H and O–H groups in total. The number of fused-ring (bicyclic) bond motifs is 1. The lowest BCUT2D eigenvalue weighted by Crippen LogP contribution is -2.40. The highest BCUT2D eigenvalue weighted by molar-refractivity contribution is 9.10. The molecule has 31 heavy (non-hydrogen) atoms. The molecule has 2 aromatic carbocycles. The maximum absolute atomic E-state index is 12.8. The summed E-state index contributed by atoms with van der Waals surface area (Å²) in [5.41, 5.74) is 1.27. The summed E-state index contributed by atoms with van der Waals surface area (Å²) < 4.78 is 11.8. The highest BCUT2D eigenvalue weighted by atomic mass is 79.9. The van der Waals surface area contributed by atoms with E-state index >= 15 is 0 Å². The first kappa shape index (κ1) is 21.6. The van der Waals surface area contributed by atoms with Crippen molar-refractivity contribution in [3.05, 3.63) is 74.6 Å². The van der Waals surface area contributed by atoms with Crippen LogP contribution in [0.4, 0.5) is 0 Å². The van der Waals surface area contributed by atoms with E-state index in [4.69, 9.17) is 9.15 Å². The van der Waals surface area contributed by atoms with Gasteiger partial charge in [-0.1, -0.05) is 34.5 Å². The van der Waals surface area contributed by atoms with E-state index in [1.165, 1.54) is 12.5 Å².